The number of imidazole rings is 1. The number of nitrogens with one attached hydrogen (secondary N) is 2. The Bertz CT molecular complexity index is 657. The van der Waals surface area contributed by atoms with Crippen molar-refractivity contribution in [3.05, 3.63) is 42.4 Å². The third-order valence-electron chi connectivity index (χ3n) is 3.41. The molecule has 0 aliphatic carbocycles. The summed E-state index contributed by atoms with van der Waals surface area (Å²) in [5.41, 5.74) is 1.48. The van der Waals surface area contributed by atoms with Gasteiger partial charge in [0.05, 0.1) is 17.9 Å². The Morgan fingerprint density at radius 2 is 1.92 bits per heavy atom. The van der Waals surface area contributed by atoms with E-state index in [0.717, 1.165) is 23.5 Å². The molecule has 0 aliphatic heterocycles. The van der Waals surface area contributed by atoms with E-state index < -0.39 is 11.7 Å². The Morgan fingerprint density at radius 3 is 2.50 bits per heavy atom. The number of nitrogens with zero attached hydrogens (tertiary/aromatic N) is 1. The molecule has 0 bridgehead atoms. The standard InChI is InChI=1S/C19H27N3O2/c1-13(2)11-15(22-18(23)24-19(3,4)5)17-20-12-16(21-17)14-9-7-6-8-10-14/h6-10,12-13,15H,11H2,1-5H3,(H,20,21)(H,22,23)/t15-/m1/s1. The summed E-state index contributed by atoms with van der Waals surface area (Å²) in [7, 11) is 0. The van der Waals surface area contributed by atoms with E-state index >= 15 is 0 Å². The summed E-state index contributed by atoms with van der Waals surface area (Å²) in [6, 6.07) is 9.79. The molecule has 0 fully saturated rings. The summed E-state index contributed by atoms with van der Waals surface area (Å²) < 4.78 is 5.37. The van der Waals surface area contributed by atoms with Crippen LogP contribution in [-0.2, 0) is 4.74 Å². The molecule has 24 heavy (non-hydrogen) atoms. The molecule has 5 nitrogen and oxygen atoms in total. The van der Waals surface area contributed by atoms with Crippen LogP contribution in [0.15, 0.2) is 36.5 Å². The predicted octanol–water partition coefficient (Wildman–Crippen LogP) is 4.69. The molecule has 0 spiro atoms. The fraction of sp³-hybridized carbons (Fsp3) is 0.474. The lowest BCUT2D eigenvalue weighted by molar-refractivity contribution is 0.0495. The summed E-state index contributed by atoms with van der Waals surface area (Å²) in [6.45, 7) is 9.79. The zero-order valence-electron chi connectivity index (χ0n) is 15.1. The first-order valence-electron chi connectivity index (χ1n) is 8.34. The van der Waals surface area contributed by atoms with Crippen molar-refractivity contribution >= 4 is 6.09 Å². The number of aromatic nitrogens is 2. The maximum Gasteiger partial charge on any atom is 0.408 e. The highest BCUT2D eigenvalue weighted by Gasteiger charge is 2.23. The van der Waals surface area contributed by atoms with Crippen molar-refractivity contribution in [2.45, 2.75) is 52.7 Å². The molecular weight excluding hydrogens is 302 g/mol. The number of amides is 1. The van der Waals surface area contributed by atoms with Crippen LogP contribution in [0.1, 0.15) is 52.9 Å². The maximum absolute atomic E-state index is 12.1. The van der Waals surface area contributed by atoms with Crippen LogP contribution in [0.4, 0.5) is 4.79 Å². The van der Waals surface area contributed by atoms with Gasteiger partial charge < -0.3 is 15.0 Å². The number of carbonyl (C=O) groups is 1. The predicted molar refractivity (Wildman–Crippen MR) is 95.6 cm³/mol. The van der Waals surface area contributed by atoms with Gasteiger partial charge in [-0.05, 0) is 38.7 Å². The number of alkyl carbamates (subject to hydrolysis) is 1. The lowest BCUT2D eigenvalue weighted by atomic mass is 10.0. The van der Waals surface area contributed by atoms with Gasteiger partial charge in [-0.25, -0.2) is 9.78 Å². The molecule has 130 valence electrons. The number of benzene rings is 1. The van der Waals surface area contributed by atoms with E-state index in [0.29, 0.717) is 5.92 Å². The molecule has 1 atom stereocenters. The Hall–Kier alpha value is -2.30. The van der Waals surface area contributed by atoms with Gasteiger partial charge in [0.15, 0.2) is 0 Å². The summed E-state index contributed by atoms with van der Waals surface area (Å²) >= 11 is 0. The molecule has 1 aromatic carbocycles. The quantitative estimate of drug-likeness (QED) is 0.836. The highest BCUT2D eigenvalue weighted by Crippen LogP contribution is 2.23. The number of H-pyrrole nitrogens is 1. The topological polar surface area (TPSA) is 67.0 Å². The number of hydrogen-bond donors (Lipinski definition) is 2. The lowest BCUT2D eigenvalue weighted by Gasteiger charge is -2.23. The highest BCUT2D eigenvalue weighted by atomic mass is 16.6. The van der Waals surface area contributed by atoms with Gasteiger partial charge in [0.2, 0.25) is 0 Å². The SMILES string of the molecule is CC(C)C[C@@H](NC(=O)OC(C)(C)C)c1ncc(-c2ccccc2)[nH]1. The van der Waals surface area contributed by atoms with Crippen LogP contribution < -0.4 is 5.32 Å². The Balaban J connectivity index is 2.16. The van der Waals surface area contributed by atoms with E-state index in [4.69, 9.17) is 4.74 Å². The summed E-state index contributed by atoms with van der Waals surface area (Å²) in [5, 5.41) is 2.93. The fourth-order valence-electron chi connectivity index (χ4n) is 2.44. The lowest BCUT2D eigenvalue weighted by Crippen LogP contribution is -2.35. The van der Waals surface area contributed by atoms with Crippen LogP contribution in [-0.4, -0.2) is 21.7 Å². The second-order valence-corrected chi connectivity index (χ2v) is 7.38. The number of ether oxygens (including phenoxy) is 1. The minimum Gasteiger partial charge on any atom is -0.444 e. The molecule has 1 aromatic heterocycles. The van der Waals surface area contributed by atoms with E-state index in [-0.39, 0.29) is 6.04 Å². The van der Waals surface area contributed by atoms with Gasteiger partial charge >= 0.3 is 6.09 Å². The molecule has 0 unspecified atom stereocenters. The van der Waals surface area contributed by atoms with Gasteiger partial charge in [-0.2, -0.15) is 0 Å². The smallest absolute Gasteiger partial charge is 0.408 e. The second-order valence-electron chi connectivity index (χ2n) is 7.38. The minimum atomic E-state index is -0.523. The van der Waals surface area contributed by atoms with E-state index in [2.05, 4.69) is 29.1 Å². The van der Waals surface area contributed by atoms with E-state index in [1.165, 1.54) is 0 Å². The molecule has 2 rings (SSSR count). The van der Waals surface area contributed by atoms with Crippen LogP contribution >= 0.6 is 0 Å². The van der Waals surface area contributed by atoms with Gasteiger partial charge in [-0.3, -0.25) is 0 Å². The molecule has 0 aliphatic rings. The first kappa shape index (κ1) is 18.0. The molecule has 1 heterocycles. The van der Waals surface area contributed by atoms with Crippen molar-refractivity contribution in [3.8, 4) is 11.3 Å². The summed E-state index contributed by atoms with van der Waals surface area (Å²) in [6.07, 6.45) is 2.15. The van der Waals surface area contributed by atoms with Crippen LogP contribution in [0.25, 0.3) is 11.3 Å². The average Bonchev–Trinajstić information content (AvgIpc) is 2.94. The Kier molecular flexibility index (Phi) is 5.65. The van der Waals surface area contributed by atoms with Crippen molar-refractivity contribution in [1.29, 1.82) is 0 Å². The Morgan fingerprint density at radius 1 is 1.25 bits per heavy atom. The van der Waals surface area contributed by atoms with Crippen molar-refractivity contribution in [2.75, 3.05) is 0 Å². The van der Waals surface area contributed by atoms with Gasteiger partial charge in [-0.1, -0.05) is 44.2 Å². The van der Waals surface area contributed by atoms with Crippen molar-refractivity contribution in [3.63, 3.8) is 0 Å². The number of aromatic amines is 1. The zero-order chi connectivity index (χ0) is 17.7. The number of rotatable bonds is 5. The largest absolute Gasteiger partial charge is 0.444 e. The third kappa shape index (κ3) is 5.41. The van der Waals surface area contributed by atoms with Crippen molar-refractivity contribution in [1.82, 2.24) is 15.3 Å². The molecule has 1 amide bonds. The van der Waals surface area contributed by atoms with Crippen LogP contribution in [0.3, 0.4) is 0 Å². The molecule has 2 N–H and O–H groups in total. The van der Waals surface area contributed by atoms with Crippen LogP contribution in [0.5, 0.6) is 0 Å². The summed E-state index contributed by atoms with van der Waals surface area (Å²) in [4.78, 5) is 19.9. The highest BCUT2D eigenvalue weighted by molar-refractivity contribution is 5.68. The third-order valence-corrected chi connectivity index (χ3v) is 3.41. The number of carbonyl (C=O) groups excluding carboxylic acids is 1. The normalized spacial score (nSPS) is 12.9. The molecular formula is C19H27N3O2. The monoisotopic (exact) mass is 329 g/mol. The maximum atomic E-state index is 12.1. The Labute approximate surface area is 143 Å². The molecule has 0 saturated heterocycles. The average molecular weight is 329 g/mol. The van der Waals surface area contributed by atoms with Gasteiger partial charge in [-0.15, -0.1) is 0 Å². The zero-order valence-corrected chi connectivity index (χ0v) is 15.1. The first-order chi connectivity index (χ1) is 11.2. The van der Waals surface area contributed by atoms with Gasteiger partial charge in [0.1, 0.15) is 11.4 Å². The molecule has 5 heteroatoms. The second kappa shape index (κ2) is 7.51. The van der Waals surface area contributed by atoms with Crippen LogP contribution in [0.2, 0.25) is 0 Å². The van der Waals surface area contributed by atoms with Crippen molar-refractivity contribution < 1.29 is 9.53 Å². The molecule has 0 radical (unpaired) electrons. The van der Waals surface area contributed by atoms with Gasteiger partial charge in [0.25, 0.3) is 0 Å². The minimum absolute atomic E-state index is 0.211. The van der Waals surface area contributed by atoms with E-state index in [1.807, 2.05) is 51.1 Å². The fourth-order valence-corrected chi connectivity index (χ4v) is 2.44. The van der Waals surface area contributed by atoms with Gasteiger partial charge in [0, 0.05) is 0 Å². The first-order valence-corrected chi connectivity index (χ1v) is 8.34. The van der Waals surface area contributed by atoms with Crippen molar-refractivity contribution in [2.24, 2.45) is 5.92 Å². The van der Waals surface area contributed by atoms with E-state index in [1.54, 1.807) is 6.20 Å². The van der Waals surface area contributed by atoms with E-state index in [9.17, 15) is 4.79 Å². The number of hydrogen-bond acceptors (Lipinski definition) is 3. The molecule has 0 saturated carbocycles. The molecule has 2 aromatic rings. The van der Waals surface area contributed by atoms with Crippen LogP contribution in [0, 0.1) is 5.92 Å². The summed E-state index contributed by atoms with van der Waals surface area (Å²) in [5.74, 6) is 1.16.